The second-order valence-corrected chi connectivity index (χ2v) is 8.30. The average molecular weight is 329 g/mol. The van der Waals surface area contributed by atoms with E-state index in [4.69, 9.17) is 11.6 Å². The number of nitrogens with zero attached hydrogens (tertiary/aromatic N) is 1. The summed E-state index contributed by atoms with van der Waals surface area (Å²) in [6.07, 6.45) is 4.19. The fourth-order valence-electron chi connectivity index (χ4n) is 2.88. The molecule has 6 heteroatoms. The van der Waals surface area contributed by atoms with Crippen LogP contribution in [0.3, 0.4) is 0 Å². The Kier molecular flexibility index (Phi) is 4.54. The molecule has 0 aromatic heterocycles. The monoisotopic (exact) mass is 328 g/mol. The maximum Gasteiger partial charge on any atom is 0.243 e. The van der Waals surface area contributed by atoms with Gasteiger partial charge in [0.05, 0.1) is 4.90 Å². The first-order valence-electron chi connectivity index (χ1n) is 7.55. The summed E-state index contributed by atoms with van der Waals surface area (Å²) in [5.41, 5.74) is 0. The molecule has 1 aliphatic heterocycles. The highest BCUT2D eigenvalue weighted by molar-refractivity contribution is 7.89. The van der Waals surface area contributed by atoms with Crippen LogP contribution in [0.1, 0.15) is 25.7 Å². The van der Waals surface area contributed by atoms with Crippen molar-refractivity contribution in [2.75, 3.05) is 19.6 Å². The number of piperidine rings is 1. The van der Waals surface area contributed by atoms with Crippen LogP contribution in [0.25, 0.3) is 0 Å². The fourth-order valence-corrected chi connectivity index (χ4v) is 4.77. The molecule has 1 atom stereocenters. The van der Waals surface area contributed by atoms with Gasteiger partial charge in [-0.25, -0.2) is 8.42 Å². The van der Waals surface area contributed by atoms with Crippen molar-refractivity contribution < 1.29 is 8.42 Å². The topological polar surface area (TPSA) is 49.4 Å². The molecule has 1 unspecified atom stereocenters. The van der Waals surface area contributed by atoms with E-state index in [0.29, 0.717) is 22.4 Å². The first kappa shape index (κ1) is 15.3. The van der Waals surface area contributed by atoms with Gasteiger partial charge in [-0.2, -0.15) is 4.31 Å². The molecule has 116 valence electrons. The lowest BCUT2D eigenvalue weighted by molar-refractivity contribution is 0.287. The lowest BCUT2D eigenvalue weighted by Gasteiger charge is -2.29. The molecule has 4 nitrogen and oxygen atoms in total. The molecule has 1 N–H and O–H groups in total. The highest BCUT2D eigenvalue weighted by Crippen LogP contribution is 2.33. The van der Waals surface area contributed by atoms with Crippen molar-refractivity contribution in [3.05, 3.63) is 29.3 Å². The van der Waals surface area contributed by atoms with Crippen molar-refractivity contribution in [1.29, 1.82) is 0 Å². The molecule has 2 fully saturated rings. The van der Waals surface area contributed by atoms with Crippen LogP contribution in [0.15, 0.2) is 29.2 Å². The molecule has 1 heterocycles. The summed E-state index contributed by atoms with van der Waals surface area (Å²) >= 11 is 5.86. The van der Waals surface area contributed by atoms with Gasteiger partial charge in [0.1, 0.15) is 0 Å². The Hall–Kier alpha value is -0.620. The molecule has 1 saturated heterocycles. The number of hydrogen-bond donors (Lipinski definition) is 1. The third-order valence-electron chi connectivity index (χ3n) is 4.21. The van der Waals surface area contributed by atoms with Gasteiger partial charge in [0.2, 0.25) is 10.0 Å². The van der Waals surface area contributed by atoms with E-state index < -0.39 is 10.0 Å². The number of benzene rings is 1. The quantitative estimate of drug-likeness (QED) is 0.903. The van der Waals surface area contributed by atoms with Gasteiger partial charge in [-0.1, -0.05) is 11.6 Å². The molecule has 0 spiro atoms. The molecule has 0 amide bonds. The number of nitrogens with one attached hydrogen (secondary N) is 1. The average Bonchev–Trinajstić information content (AvgIpc) is 3.31. The van der Waals surface area contributed by atoms with Gasteiger partial charge < -0.3 is 5.32 Å². The SMILES string of the molecule is O=S(=O)(c1ccc(Cl)cc1)N(CC1CCCNC1)C1CC1. The lowest BCUT2D eigenvalue weighted by Crippen LogP contribution is -2.42. The van der Waals surface area contributed by atoms with E-state index in [2.05, 4.69) is 5.32 Å². The molecular weight excluding hydrogens is 308 g/mol. The zero-order chi connectivity index (χ0) is 14.9. The number of halogens is 1. The fraction of sp³-hybridized carbons (Fsp3) is 0.600. The Bertz CT molecular complexity index is 578. The van der Waals surface area contributed by atoms with Gasteiger partial charge in [-0.05, 0) is 69.0 Å². The van der Waals surface area contributed by atoms with Crippen LogP contribution < -0.4 is 5.32 Å². The normalized spacial score (nSPS) is 23.4. The molecular formula is C15H21ClN2O2S. The van der Waals surface area contributed by atoms with E-state index in [0.717, 1.165) is 38.8 Å². The Morgan fingerprint density at radius 1 is 1.19 bits per heavy atom. The lowest BCUT2D eigenvalue weighted by atomic mass is 10.00. The van der Waals surface area contributed by atoms with Crippen LogP contribution in [0, 0.1) is 5.92 Å². The van der Waals surface area contributed by atoms with Crippen molar-refractivity contribution in [2.45, 2.75) is 36.6 Å². The number of rotatable bonds is 5. The molecule has 1 aromatic carbocycles. The molecule has 1 saturated carbocycles. The van der Waals surface area contributed by atoms with Crippen LogP contribution in [0.5, 0.6) is 0 Å². The second kappa shape index (κ2) is 6.24. The van der Waals surface area contributed by atoms with Crippen molar-refractivity contribution in [2.24, 2.45) is 5.92 Å². The zero-order valence-electron chi connectivity index (χ0n) is 12.0. The number of hydrogen-bond acceptors (Lipinski definition) is 3. The zero-order valence-corrected chi connectivity index (χ0v) is 13.5. The second-order valence-electron chi connectivity index (χ2n) is 5.97. The third kappa shape index (κ3) is 3.59. The van der Waals surface area contributed by atoms with Crippen LogP contribution in [0.4, 0.5) is 0 Å². The molecule has 21 heavy (non-hydrogen) atoms. The molecule has 1 aliphatic carbocycles. The molecule has 0 radical (unpaired) electrons. The Balaban J connectivity index is 1.80. The summed E-state index contributed by atoms with van der Waals surface area (Å²) < 4.78 is 27.4. The molecule has 0 bridgehead atoms. The Morgan fingerprint density at radius 3 is 2.48 bits per heavy atom. The van der Waals surface area contributed by atoms with E-state index in [1.165, 1.54) is 0 Å². The van der Waals surface area contributed by atoms with Crippen molar-refractivity contribution in [3.63, 3.8) is 0 Å². The summed E-state index contributed by atoms with van der Waals surface area (Å²) in [6, 6.07) is 6.68. The first-order chi connectivity index (χ1) is 10.1. The molecule has 1 aromatic rings. The number of sulfonamides is 1. The van der Waals surface area contributed by atoms with Gasteiger partial charge in [0.15, 0.2) is 0 Å². The van der Waals surface area contributed by atoms with Crippen LogP contribution >= 0.6 is 11.6 Å². The maximum absolute atomic E-state index is 12.9. The van der Waals surface area contributed by atoms with Crippen molar-refractivity contribution in [3.8, 4) is 0 Å². The summed E-state index contributed by atoms with van der Waals surface area (Å²) in [6.45, 7) is 2.59. The molecule has 2 aliphatic rings. The minimum Gasteiger partial charge on any atom is -0.316 e. The molecule has 3 rings (SSSR count). The minimum absolute atomic E-state index is 0.188. The van der Waals surface area contributed by atoms with Crippen LogP contribution in [-0.4, -0.2) is 38.4 Å². The minimum atomic E-state index is -3.41. The van der Waals surface area contributed by atoms with Gasteiger partial charge in [-0.3, -0.25) is 0 Å². The van der Waals surface area contributed by atoms with Crippen molar-refractivity contribution >= 4 is 21.6 Å². The summed E-state index contributed by atoms with van der Waals surface area (Å²) in [5, 5.41) is 3.92. The maximum atomic E-state index is 12.9. The van der Waals surface area contributed by atoms with Gasteiger partial charge in [-0.15, -0.1) is 0 Å². The van der Waals surface area contributed by atoms with E-state index in [1.54, 1.807) is 28.6 Å². The van der Waals surface area contributed by atoms with E-state index in [9.17, 15) is 8.42 Å². The van der Waals surface area contributed by atoms with Crippen LogP contribution in [0.2, 0.25) is 5.02 Å². The van der Waals surface area contributed by atoms with E-state index in [1.807, 2.05) is 0 Å². The standard InChI is InChI=1S/C15H21ClN2O2S/c16-13-3-7-15(8-4-13)21(19,20)18(14-5-6-14)11-12-2-1-9-17-10-12/h3-4,7-8,12,14,17H,1-2,5-6,9-11H2. The predicted molar refractivity (Wildman–Crippen MR) is 84.0 cm³/mol. The highest BCUT2D eigenvalue weighted by Gasteiger charge is 2.39. The Morgan fingerprint density at radius 2 is 1.90 bits per heavy atom. The predicted octanol–water partition coefficient (Wildman–Crippen LogP) is 2.49. The smallest absolute Gasteiger partial charge is 0.243 e. The third-order valence-corrected chi connectivity index (χ3v) is 6.40. The van der Waals surface area contributed by atoms with E-state index in [-0.39, 0.29) is 6.04 Å². The Labute approximate surface area is 131 Å². The highest BCUT2D eigenvalue weighted by atomic mass is 35.5. The van der Waals surface area contributed by atoms with Crippen molar-refractivity contribution in [1.82, 2.24) is 9.62 Å². The van der Waals surface area contributed by atoms with E-state index >= 15 is 0 Å². The van der Waals surface area contributed by atoms with Crippen LogP contribution in [-0.2, 0) is 10.0 Å². The summed E-state index contributed by atoms with van der Waals surface area (Å²) in [4.78, 5) is 0.350. The van der Waals surface area contributed by atoms with Gasteiger partial charge in [0.25, 0.3) is 0 Å². The summed E-state index contributed by atoms with van der Waals surface area (Å²) in [5.74, 6) is 0.418. The largest absolute Gasteiger partial charge is 0.316 e. The van der Waals surface area contributed by atoms with Gasteiger partial charge in [0, 0.05) is 17.6 Å². The summed E-state index contributed by atoms with van der Waals surface area (Å²) in [7, 11) is -3.41. The van der Waals surface area contributed by atoms with Gasteiger partial charge >= 0.3 is 0 Å². The first-order valence-corrected chi connectivity index (χ1v) is 9.37.